The Balaban J connectivity index is 1.41. The van der Waals surface area contributed by atoms with Crippen LogP contribution in [-0.2, 0) is 41.7 Å². The highest BCUT2D eigenvalue weighted by atomic mass is 32.2. The number of hydrogen-bond donors (Lipinski definition) is 3. The van der Waals surface area contributed by atoms with Crippen LogP contribution in [0.3, 0.4) is 0 Å². The van der Waals surface area contributed by atoms with Crippen LogP contribution in [0.25, 0.3) is 0 Å². The smallest absolute Gasteiger partial charge is 0.243 e. The first-order valence-corrected chi connectivity index (χ1v) is 19.9. The number of ether oxygens (including phenoxy) is 2. The van der Waals surface area contributed by atoms with E-state index >= 15 is 0 Å². The molecule has 272 valence electrons. The number of carbonyl (C=O) groups excluding carboxylic acids is 2. The number of H-pyrrole nitrogens is 1. The zero-order valence-electron chi connectivity index (χ0n) is 30.2. The number of sulfone groups is 1. The van der Waals surface area contributed by atoms with E-state index in [0.29, 0.717) is 17.5 Å². The Labute approximate surface area is 293 Å². The van der Waals surface area contributed by atoms with Crippen molar-refractivity contribution in [3.63, 3.8) is 0 Å². The highest BCUT2D eigenvalue weighted by Gasteiger charge is 2.51. The largest absolute Gasteiger partial charge is 0.351 e. The van der Waals surface area contributed by atoms with Gasteiger partial charge < -0.3 is 25.1 Å². The number of benzene rings is 1. The molecular formula is C38H58N4O6S. The van der Waals surface area contributed by atoms with Crippen LogP contribution < -0.4 is 10.6 Å². The molecule has 3 aliphatic rings. The fraction of sp³-hybridized carbons (Fsp3) is 0.711. The van der Waals surface area contributed by atoms with E-state index in [9.17, 15) is 18.0 Å². The Morgan fingerprint density at radius 3 is 2.20 bits per heavy atom. The normalized spacial score (nSPS) is 24.2. The van der Waals surface area contributed by atoms with Crippen molar-refractivity contribution in [1.29, 1.82) is 0 Å². The summed E-state index contributed by atoms with van der Waals surface area (Å²) in [4.78, 5) is 35.9. The van der Waals surface area contributed by atoms with Crippen molar-refractivity contribution in [3.8, 4) is 0 Å². The topological polar surface area (TPSA) is 139 Å². The third kappa shape index (κ3) is 10.2. The average molecular weight is 699 g/mol. The van der Waals surface area contributed by atoms with Crippen molar-refractivity contribution in [3.05, 3.63) is 54.1 Å². The maximum atomic E-state index is 14.4. The molecule has 49 heavy (non-hydrogen) atoms. The molecule has 11 heteroatoms. The summed E-state index contributed by atoms with van der Waals surface area (Å²) in [7, 11) is -3.65. The second-order valence-corrected chi connectivity index (χ2v) is 19.5. The first kappa shape index (κ1) is 37.5. The molecular weight excluding hydrogens is 641 g/mol. The summed E-state index contributed by atoms with van der Waals surface area (Å²) in [6, 6.07) is 8.13. The molecule has 1 aromatic carbocycles. The van der Waals surface area contributed by atoms with E-state index in [4.69, 9.17) is 9.47 Å². The van der Waals surface area contributed by atoms with Crippen LogP contribution in [-0.4, -0.2) is 71.3 Å². The lowest BCUT2D eigenvalue weighted by Gasteiger charge is -2.33. The fourth-order valence-corrected chi connectivity index (χ4v) is 8.40. The maximum Gasteiger partial charge on any atom is 0.243 e. The molecule has 2 amide bonds. The quantitative estimate of drug-likeness (QED) is 0.236. The molecule has 3 N–H and O–H groups in total. The summed E-state index contributed by atoms with van der Waals surface area (Å²) >= 11 is 0. The number of nitrogens with zero attached hydrogens (tertiary/aromatic N) is 1. The van der Waals surface area contributed by atoms with Crippen LogP contribution in [0.15, 0.2) is 42.9 Å². The molecule has 2 aliphatic carbocycles. The number of rotatable bonds is 14. The molecule has 6 atom stereocenters. The molecule has 10 nitrogen and oxygen atoms in total. The Morgan fingerprint density at radius 1 is 0.918 bits per heavy atom. The van der Waals surface area contributed by atoms with Gasteiger partial charge in [-0.05, 0) is 63.9 Å². The summed E-state index contributed by atoms with van der Waals surface area (Å²) in [5.41, 5.74) is 1.25. The van der Waals surface area contributed by atoms with Crippen molar-refractivity contribution in [2.24, 2.45) is 23.2 Å². The predicted octanol–water partition coefficient (Wildman–Crippen LogP) is 5.53. The van der Waals surface area contributed by atoms with Gasteiger partial charge in [0.05, 0.1) is 40.6 Å². The SMILES string of the molecule is CC(C)(C)[C@@H]1O[C@H](C(CC2CCCCC2)NC(=O)[C@H](Cc2c[nH]cn2)NC(=O)[C@H](Cc2ccccc2)CS(=O)(=O)C(C)(C)C)[C@H](C2CC2)O1. The number of aromatic nitrogens is 2. The van der Waals surface area contributed by atoms with Crippen molar-refractivity contribution in [2.45, 2.75) is 141 Å². The minimum absolute atomic E-state index is 0.102. The molecule has 1 aromatic heterocycles. The summed E-state index contributed by atoms with van der Waals surface area (Å²) < 4.78 is 39.0. The van der Waals surface area contributed by atoms with Crippen molar-refractivity contribution >= 4 is 21.7 Å². The minimum Gasteiger partial charge on any atom is -0.351 e. The Kier molecular flexibility index (Phi) is 12.0. The molecule has 1 unspecified atom stereocenters. The lowest BCUT2D eigenvalue weighted by Crippen LogP contribution is -2.56. The fourth-order valence-electron chi connectivity index (χ4n) is 7.10. The zero-order chi connectivity index (χ0) is 35.4. The molecule has 5 rings (SSSR count). The molecule has 1 aliphatic heterocycles. The number of amides is 2. The third-order valence-corrected chi connectivity index (χ3v) is 13.1. The Morgan fingerprint density at radius 2 is 1.61 bits per heavy atom. The zero-order valence-corrected chi connectivity index (χ0v) is 31.1. The molecule has 2 heterocycles. The van der Waals surface area contributed by atoms with Gasteiger partial charge in [0.15, 0.2) is 16.1 Å². The third-order valence-electron chi connectivity index (χ3n) is 10.4. The van der Waals surface area contributed by atoms with Crippen LogP contribution in [0, 0.1) is 23.2 Å². The van der Waals surface area contributed by atoms with Gasteiger partial charge in [0.2, 0.25) is 11.8 Å². The lowest BCUT2D eigenvalue weighted by molar-refractivity contribution is -0.138. The first-order valence-electron chi connectivity index (χ1n) is 18.3. The minimum atomic E-state index is -3.65. The van der Waals surface area contributed by atoms with E-state index < -0.39 is 32.5 Å². The van der Waals surface area contributed by atoms with Gasteiger partial charge in [0.25, 0.3) is 0 Å². The lowest BCUT2D eigenvalue weighted by atomic mass is 9.82. The molecule has 0 radical (unpaired) electrons. The van der Waals surface area contributed by atoms with Gasteiger partial charge in [-0.15, -0.1) is 0 Å². The average Bonchev–Trinajstić information content (AvgIpc) is 3.55. The van der Waals surface area contributed by atoms with Crippen molar-refractivity contribution < 1.29 is 27.5 Å². The molecule has 2 aromatic rings. The number of hydrogen-bond acceptors (Lipinski definition) is 7. The summed E-state index contributed by atoms with van der Waals surface area (Å²) in [5, 5.41) is 6.34. The monoisotopic (exact) mass is 698 g/mol. The molecule has 0 spiro atoms. The van der Waals surface area contributed by atoms with Crippen LogP contribution in [0.1, 0.15) is 104 Å². The van der Waals surface area contributed by atoms with E-state index in [1.807, 2.05) is 30.3 Å². The van der Waals surface area contributed by atoms with Gasteiger partial charge in [-0.25, -0.2) is 13.4 Å². The summed E-state index contributed by atoms with van der Waals surface area (Å²) in [5.74, 6) is -1.15. The van der Waals surface area contributed by atoms with E-state index in [0.717, 1.165) is 37.7 Å². The molecule has 0 bridgehead atoms. The number of imidazole rings is 1. The number of aromatic amines is 1. The first-order chi connectivity index (χ1) is 23.1. The van der Waals surface area contributed by atoms with E-state index in [1.54, 1.807) is 33.3 Å². The van der Waals surface area contributed by atoms with Crippen LogP contribution in [0.4, 0.5) is 0 Å². The van der Waals surface area contributed by atoms with E-state index in [-0.39, 0.29) is 54.5 Å². The van der Waals surface area contributed by atoms with Crippen molar-refractivity contribution in [1.82, 2.24) is 20.6 Å². The van der Waals surface area contributed by atoms with Crippen LogP contribution in [0.2, 0.25) is 0 Å². The number of nitrogens with one attached hydrogen (secondary N) is 3. The summed E-state index contributed by atoms with van der Waals surface area (Å²) in [6.07, 6.45) is 11.7. The Hall–Kier alpha value is -2.76. The van der Waals surface area contributed by atoms with Gasteiger partial charge in [-0.3, -0.25) is 9.59 Å². The van der Waals surface area contributed by atoms with E-state index in [2.05, 4.69) is 41.4 Å². The van der Waals surface area contributed by atoms with Gasteiger partial charge in [-0.1, -0.05) is 83.2 Å². The standard InChI is InChI=1S/C38H58N4O6S/c1-37(2,3)36-47-32(27-17-18-27)33(48-36)30(20-26-15-11-8-12-16-26)41-35(44)31(21-29-22-39-24-40-29)42-34(43)28(19-25-13-9-7-10-14-25)23-49(45,46)38(4,5)6/h7,9-10,13-14,22,24,26-28,30-33,36H,8,11-12,15-21,23H2,1-6H3,(H,39,40)(H,41,44)(H,42,43)/t28-,30?,31+,32+,33-,36+/m1/s1. The van der Waals surface area contributed by atoms with Crippen molar-refractivity contribution in [2.75, 3.05) is 5.75 Å². The van der Waals surface area contributed by atoms with Gasteiger partial charge in [0, 0.05) is 18.0 Å². The molecule has 3 fully saturated rings. The van der Waals surface area contributed by atoms with Gasteiger partial charge in [-0.2, -0.15) is 0 Å². The molecule has 1 saturated heterocycles. The second-order valence-electron chi connectivity index (χ2n) is 16.7. The second kappa shape index (κ2) is 15.6. The predicted molar refractivity (Wildman–Crippen MR) is 190 cm³/mol. The molecule has 2 saturated carbocycles. The van der Waals surface area contributed by atoms with Crippen LogP contribution >= 0.6 is 0 Å². The number of carbonyl (C=O) groups is 2. The highest BCUT2D eigenvalue weighted by molar-refractivity contribution is 7.92. The highest BCUT2D eigenvalue weighted by Crippen LogP contribution is 2.45. The van der Waals surface area contributed by atoms with Gasteiger partial charge >= 0.3 is 0 Å². The Bertz CT molecular complexity index is 1470. The summed E-state index contributed by atoms with van der Waals surface area (Å²) in [6.45, 7) is 11.3. The van der Waals surface area contributed by atoms with Gasteiger partial charge in [0.1, 0.15) is 12.1 Å². The maximum absolute atomic E-state index is 14.4. The van der Waals surface area contributed by atoms with Crippen LogP contribution in [0.5, 0.6) is 0 Å². The van der Waals surface area contributed by atoms with E-state index in [1.165, 1.54) is 19.3 Å².